The second-order valence-electron chi connectivity index (χ2n) is 5.05. The van der Waals surface area contributed by atoms with E-state index in [0.717, 1.165) is 6.61 Å². The number of rotatable bonds is 3. The number of hydrogen-bond acceptors (Lipinski definition) is 2. The average Bonchev–Trinajstić information content (AvgIpc) is 1.89. The van der Waals surface area contributed by atoms with Crippen molar-refractivity contribution in [1.29, 1.82) is 0 Å². The fourth-order valence-corrected chi connectivity index (χ4v) is 2.19. The van der Waals surface area contributed by atoms with Gasteiger partial charge >= 0.3 is 0 Å². The lowest BCUT2D eigenvalue weighted by Gasteiger charge is -2.49. The van der Waals surface area contributed by atoms with Gasteiger partial charge in [-0.25, -0.2) is 0 Å². The first-order chi connectivity index (χ1) is 6.20. The molecule has 2 saturated carbocycles. The maximum atomic E-state index is 5.25. The first-order valence-corrected chi connectivity index (χ1v) is 5.38. The molecule has 0 aliphatic heterocycles. The number of nitrogens with zero attached hydrogens (tertiary/aromatic N) is 1. The number of hydrogen-bond donors (Lipinski definition) is 0. The molecule has 0 amide bonds. The van der Waals surface area contributed by atoms with Crippen LogP contribution in [0, 0.1) is 11.3 Å². The van der Waals surface area contributed by atoms with E-state index >= 15 is 0 Å². The minimum absolute atomic E-state index is 0.585. The van der Waals surface area contributed by atoms with Crippen LogP contribution in [0.4, 0.5) is 0 Å². The molecule has 0 unspecified atom stereocenters. The molecule has 0 saturated heterocycles. The lowest BCUT2D eigenvalue weighted by molar-refractivity contribution is 0.0877. The van der Waals surface area contributed by atoms with Gasteiger partial charge in [-0.15, -0.1) is 0 Å². The summed E-state index contributed by atoms with van der Waals surface area (Å²) in [6.07, 6.45) is 6.71. The minimum Gasteiger partial charge on any atom is -0.396 e. The van der Waals surface area contributed by atoms with E-state index in [0.29, 0.717) is 11.3 Å². The van der Waals surface area contributed by atoms with Crippen molar-refractivity contribution in [2.45, 2.75) is 46.0 Å². The van der Waals surface area contributed by atoms with Gasteiger partial charge < -0.3 is 4.84 Å². The standard InChI is InChI=1S/C11H19NO/c1-9(2)8-13-12-10-6-11(7-10)4-3-5-11/h9H,3-8H2,1-2H3. The molecule has 13 heavy (non-hydrogen) atoms. The summed E-state index contributed by atoms with van der Waals surface area (Å²) in [5, 5.41) is 4.16. The van der Waals surface area contributed by atoms with E-state index in [9.17, 15) is 0 Å². The molecule has 74 valence electrons. The predicted molar refractivity (Wildman–Crippen MR) is 53.7 cm³/mol. The zero-order valence-corrected chi connectivity index (χ0v) is 8.68. The molecule has 0 atom stereocenters. The van der Waals surface area contributed by atoms with Crippen molar-refractivity contribution in [3.63, 3.8) is 0 Å². The summed E-state index contributed by atoms with van der Waals surface area (Å²) in [5.41, 5.74) is 1.99. The minimum atomic E-state index is 0.585. The molecule has 2 rings (SSSR count). The number of oxime groups is 1. The van der Waals surface area contributed by atoms with Crippen LogP contribution in [-0.2, 0) is 4.84 Å². The van der Waals surface area contributed by atoms with E-state index in [1.807, 2.05) is 0 Å². The van der Waals surface area contributed by atoms with Crippen LogP contribution in [0.2, 0.25) is 0 Å². The Balaban J connectivity index is 1.67. The lowest BCUT2D eigenvalue weighted by atomic mass is 9.55. The molecular formula is C11H19NO. The average molecular weight is 181 g/mol. The van der Waals surface area contributed by atoms with Crippen LogP contribution in [0.15, 0.2) is 5.16 Å². The van der Waals surface area contributed by atoms with Crippen molar-refractivity contribution < 1.29 is 4.84 Å². The summed E-state index contributed by atoms with van der Waals surface area (Å²) >= 11 is 0. The maximum Gasteiger partial charge on any atom is 0.119 e. The zero-order chi connectivity index (χ0) is 9.31. The highest BCUT2D eigenvalue weighted by atomic mass is 16.6. The van der Waals surface area contributed by atoms with Crippen molar-refractivity contribution in [2.24, 2.45) is 16.5 Å². The van der Waals surface area contributed by atoms with Gasteiger partial charge in [0, 0.05) is 0 Å². The van der Waals surface area contributed by atoms with Crippen molar-refractivity contribution in [2.75, 3.05) is 6.61 Å². The van der Waals surface area contributed by atoms with Crippen molar-refractivity contribution >= 4 is 5.71 Å². The normalized spacial score (nSPS) is 24.1. The molecule has 0 heterocycles. The fourth-order valence-electron chi connectivity index (χ4n) is 2.19. The largest absolute Gasteiger partial charge is 0.396 e. The summed E-state index contributed by atoms with van der Waals surface area (Å²) in [6.45, 7) is 5.05. The van der Waals surface area contributed by atoms with Crippen LogP contribution in [-0.4, -0.2) is 12.3 Å². The van der Waals surface area contributed by atoms with Crippen LogP contribution < -0.4 is 0 Å². The van der Waals surface area contributed by atoms with Gasteiger partial charge in [0.05, 0.1) is 5.71 Å². The van der Waals surface area contributed by atoms with Gasteiger partial charge in [-0.05, 0) is 37.0 Å². The van der Waals surface area contributed by atoms with Crippen molar-refractivity contribution in [3.05, 3.63) is 0 Å². The second-order valence-corrected chi connectivity index (χ2v) is 5.05. The van der Waals surface area contributed by atoms with E-state index in [2.05, 4.69) is 19.0 Å². The summed E-state index contributed by atoms with van der Waals surface area (Å²) in [5.74, 6) is 0.585. The molecule has 0 aromatic carbocycles. The van der Waals surface area contributed by atoms with Crippen molar-refractivity contribution in [3.8, 4) is 0 Å². The highest BCUT2D eigenvalue weighted by Crippen LogP contribution is 2.54. The Hall–Kier alpha value is -0.530. The van der Waals surface area contributed by atoms with Gasteiger partial charge in [-0.1, -0.05) is 25.4 Å². The van der Waals surface area contributed by atoms with Crippen molar-refractivity contribution in [1.82, 2.24) is 0 Å². The summed E-state index contributed by atoms with van der Waals surface area (Å²) < 4.78 is 0. The Labute approximate surface area is 80.3 Å². The molecule has 0 aromatic rings. The Morgan fingerprint density at radius 3 is 2.54 bits per heavy atom. The zero-order valence-electron chi connectivity index (χ0n) is 8.68. The topological polar surface area (TPSA) is 21.6 Å². The molecule has 0 radical (unpaired) electrons. The SMILES string of the molecule is CC(C)CON=C1CC2(CCC2)C1. The molecule has 2 aliphatic rings. The maximum absolute atomic E-state index is 5.25. The highest BCUT2D eigenvalue weighted by Gasteiger charge is 2.46. The van der Waals surface area contributed by atoms with Gasteiger partial charge in [0.25, 0.3) is 0 Å². The van der Waals surface area contributed by atoms with Crippen LogP contribution in [0.5, 0.6) is 0 Å². The summed E-state index contributed by atoms with van der Waals surface area (Å²) in [7, 11) is 0. The Bertz CT molecular complexity index is 206. The van der Waals surface area contributed by atoms with E-state index in [4.69, 9.17) is 4.84 Å². The van der Waals surface area contributed by atoms with Gasteiger partial charge in [0.2, 0.25) is 0 Å². The molecule has 1 spiro atoms. The molecule has 0 bridgehead atoms. The van der Waals surface area contributed by atoms with E-state index in [-0.39, 0.29) is 0 Å². The second kappa shape index (κ2) is 3.32. The lowest BCUT2D eigenvalue weighted by Crippen LogP contribution is -2.43. The van der Waals surface area contributed by atoms with Crippen LogP contribution in [0.1, 0.15) is 46.0 Å². The Morgan fingerprint density at radius 2 is 2.08 bits per heavy atom. The van der Waals surface area contributed by atoms with Crippen LogP contribution >= 0.6 is 0 Å². The van der Waals surface area contributed by atoms with E-state index < -0.39 is 0 Å². The molecular weight excluding hydrogens is 162 g/mol. The quantitative estimate of drug-likeness (QED) is 0.613. The molecule has 0 aromatic heterocycles. The molecule has 0 N–H and O–H groups in total. The van der Waals surface area contributed by atoms with Crippen LogP contribution in [0.25, 0.3) is 0 Å². The summed E-state index contributed by atoms with van der Waals surface area (Å²) in [6, 6.07) is 0. The monoisotopic (exact) mass is 181 g/mol. The molecule has 2 aliphatic carbocycles. The third-order valence-electron chi connectivity index (χ3n) is 3.17. The predicted octanol–water partition coefficient (Wildman–Crippen LogP) is 2.98. The van der Waals surface area contributed by atoms with Gasteiger partial charge in [0.1, 0.15) is 6.61 Å². The Kier molecular flexibility index (Phi) is 2.31. The molecule has 2 heteroatoms. The molecule has 2 fully saturated rings. The first-order valence-electron chi connectivity index (χ1n) is 5.38. The Morgan fingerprint density at radius 1 is 1.38 bits per heavy atom. The fraction of sp³-hybridized carbons (Fsp3) is 0.909. The van der Waals surface area contributed by atoms with E-state index in [1.165, 1.54) is 37.8 Å². The third kappa shape index (κ3) is 1.87. The third-order valence-corrected chi connectivity index (χ3v) is 3.17. The van der Waals surface area contributed by atoms with E-state index in [1.54, 1.807) is 0 Å². The first kappa shape index (κ1) is 9.04. The van der Waals surface area contributed by atoms with Gasteiger partial charge in [-0.2, -0.15) is 0 Å². The smallest absolute Gasteiger partial charge is 0.119 e. The summed E-state index contributed by atoms with van der Waals surface area (Å²) in [4.78, 5) is 5.25. The highest BCUT2D eigenvalue weighted by molar-refractivity contribution is 5.91. The molecule has 2 nitrogen and oxygen atoms in total. The van der Waals surface area contributed by atoms with Gasteiger partial charge in [0.15, 0.2) is 0 Å². The van der Waals surface area contributed by atoms with Crippen LogP contribution in [0.3, 0.4) is 0 Å². The van der Waals surface area contributed by atoms with Gasteiger partial charge in [-0.3, -0.25) is 0 Å².